The second kappa shape index (κ2) is 84.7. The van der Waals surface area contributed by atoms with E-state index in [1.165, 1.54) is 23.8 Å². The Balaban J connectivity index is 4.11. The first-order chi connectivity index (χ1) is 40.8. The first-order valence-electron chi connectivity index (χ1n) is 27.6. The molecule has 0 spiro atoms. The average Bonchev–Trinajstić information content (AvgIpc) is 3.49. The fraction of sp³-hybridized carbons (Fsp3) is 1.00. The first-order valence-corrected chi connectivity index (χ1v) is 29.1. The Labute approximate surface area is 556 Å². The molecule has 0 atom stereocenters. The fourth-order valence-corrected chi connectivity index (χ4v) is 6.22. The molecule has 0 fully saturated rings. The van der Waals surface area contributed by atoms with Crippen LogP contribution in [0.15, 0.2) is 0 Å². The molecule has 0 saturated carbocycles. The number of rotatable bonds is 41. The van der Waals surface area contributed by atoms with Gasteiger partial charge in [0, 0.05) is 0 Å². The molecule has 0 aliphatic carbocycles. The van der Waals surface area contributed by atoms with Crippen LogP contribution in [-0.2, 0) is 0 Å². The molecule has 0 unspecified atom stereocenters. The minimum atomic E-state index is 0.687. The Morgan fingerprint density at radius 3 is 0.402 bits per heavy atom. The van der Waals surface area contributed by atoms with Crippen LogP contribution in [0.4, 0.5) is 0 Å². The third-order valence-electron chi connectivity index (χ3n) is 9.50. The zero-order valence-electron chi connectivity index (χ0n) is 48.0. The van der Waals surface area contributed by atoms with Gasteiger partial charge in [-0.1, -0.05) is 0 Å². The van der Waals surface area contributed by atoms with Crippen LogP contribution in [0.2, 0.25) is 12.6 Å². The van der Waals surface area contributed by atoms with Crippen molar-refractivity contribution >= 4 is 539 Å². The van der Waals surface area contributed by atoms with Crippen LogP contribution in [0.25, 0.3) is 0 Å². The van der Waals surface area contributed by atoms with Crippen molar-refractivity contribution in [1.29, 1.82) is 0 Å². The van der Waals surface area contributed by atoms with Gasteiger partial charge in [0.25, 0.3) is 0 Å². The maximum absolute atomic E-state index is 5.27. The van der Waals surface area contributed by atoms with Gasteiger partial charge in [-0.05, 0) is 0 Å². The average molecular weight is 1020 g/mol. The molecule has 0 nitrogen and oxygen atoms in total. The normalized spacial score (nSPS) is 8.01. The summed E-state index contributed by atoms with van der Waals surface area (Å²) in [6.45, 7) is 153. The zero-order chi connectivity index (χ0) is 58.7. The van der Waals surface area contributed by atoms with E-state index >= 15 is 0 Å². The number of hydrogen-bond donors (Lipinski definition) is 0. The van der Waals surface area contributed by atoms with Gasteiger partial charge in [0.2, 0.25) is 0 Å². The number of hydrogen-bond acceptors (Lipinski definition) is 0. The van der Waals surface area contributed by atoms with Crippen LogP contribution < -0.4 is 0 Å². The Morgan fingerprint density at radius 2 is 0.305 bits per heavy atom. The van der Waals surface area contributed by atoms with E-state index in [9.17, 15) is 0 Å². The van der Waals surface area contributed by atoms with Crippen LogP contribution in [0.1, 0.15) is 6.92 Å². The summed E-state index contributed by atoms with van der Waals surface area (Å²) in [5.74, 6) is 0. The van der Waals surface area contributed by atoms with E-state index in [-0.39, 0.29) is 0 Å². The minimum absolute atomic E-state index is 0.687. The van der Waals surface area contributed by atoms with Gasteiger partial charge in [-0.25, -0.2) is 0 Å². The van der Waals surface area contributed by atoms with Crippen LogP contribution >= 0.6 is 22.6 Å². The first kappa shape index (κ1) is 87.7. The molecule has 82 heavy (non-hydrogen) atoms. The molecular formula is C4H9B77I. The van der Waals surface area contributed by atoms with Gasteiger partial charge in [0.1, 0.15) is 0 Å². The molecule has 0 aromatic carbocycles. The van der Waals surface area contributed by atoms with Crippen LogP contribution in [0.5, 0.6) is 0 Å². The number of alkyl halides is 1. The number of halogens is 1. The molecule has 0 rings (SSSR count). The van der Waals surface area contributed by atoms with E-state index < -0.39 is 0 Å². The molecule has 0 bridgehead atoms. The van der Waals surface area contributed by atoms with E-state index in [0.717, 1.165) is 0 Å². The summed E-state index contributed by atoms with van der Waals surface area (Å²) in [5, 5.41) is 0. The van der Waals surface area contributed by atoms with Crippen LogP contribution in [0, 0.1) is 0 Å². The van der Waals surface area contributed by atoms with E-state index in [4.69, 9.17) is 7.37 Å². The third kappa shape index (κ3) is 81.8. The Hall–Kier alpha value is 5.73. The van der Waals surface area contributed by atoms with Crippen molar-refractivity contribution < 1.29 is 0 Å². The zero-order valence-corrected chi connectivity index (χ0v) is 50.1. The fourth-order valence-electron chi connectivity index (χ4n) is 5.42. The van der Waals surface area contributed by atoms with Crippen molar-refractivity contribution in [2.24, 2.45) is 0 Å². The van der Waals surface area contributed by atoms with Crippen LogP contribution in [0.3, 0.4) is 0 Å². The second-order valence-corrected chi connectivity index (χ2v) is 17.2. The van der Waals surface area contributed by atoms with Crippen molar-refractivity contribution in [2.45, 2.75) is 19.6 Å². The van der Waals surface area contributed by atoms with E-state index in [1.54, 1.807) is 6.69 Å². The van der Waals surface area contributed by atoms with Crippen molar-refractivity contribution in [2.75, 3.05) is 4.43 Å². The van der Waals surface area contributed by atoms with E-state index in [2.05, 4.69) is 56.3 Å². The quantitative estimate of drug-likeness (QED) is 0.0325. The molecular weight excluding hydrogens is 1010 g/mol. The summed E-state index contributed by atoms with van der Waals surface area (Å²) in [4.78, 5) is 0. The standard InChI is InChI=1S/C4H9B77I/c1-2-81(3-4-82)80-79-78-77-76-75-74-73-72-71-70-69-68-67-66-65-64-63-62-61-60-59-58-57-56-55-54-53-52-51-50-49-48-47-46-45-44-43-42-41-40-39-38-37-36-35-34-33-32-31-30-29-28-27-26-25-24-23-22-21-20-19-18-17-16-15-14-13-12-11-10-9-8-7-6-5/h2-4H2,1H3. The van der Waals surface area contributed by atoms with Gasteiger partial charge in [0.15, 0.2) is 0 Å². The summed E-state index contributed by atoms with van der Waals surface area (Å²) in [6.07, 6.45) is 2.45. The molecule has 1 radical (unpaired) electrons. The monoisotopic (exact) mass is 1030 g/mol. The summed E-state index contributed by atoms with van der Waals surface area (Å²) in [6, 6.07) is 0. The summed E-state index contributed by atoms with van der Waals surface area (Å²) in [7, 11) is 5.27. The van der Waals surface area contributed by atoms with Gasteiger partial charge in [-0.3, -0.25) is 0 Å². The van der Waals surface area contributed by atoms with Crippen molar-refractivity contribution in [1.82, 2.24) is 0 Å². The predicted octanol–water partition coefficient (Wildman–Crippen LogP) is -27.0. The second-order valence-electron chi connectivity index (χ2n) is 16.1. The molecule has 78 heteroatoms. The van der Waals surface area contributed by atoms with Gasteiger partial charge in [0.05, 0.1) is 0 Å². The van der Waals surface area contributed by atoms with Gasteiger partial charge >= 0.3 is 562 Å². The van der Waals surface area contributed by atoms with E-state index in [0.29, 0.717) is 6.60 Å². The topological polar surface area (TPSA) is 0 Å². The maximum atomic E-state index is 5.27. The summed E-state index contributed by atoms with van der Waals surface area (Å²) in [5.41, 5.74) is 0. The molecule has 0 aliphatic heterocycles. The molecule has 0 saturated heterocycles. The van der Waals surface area contributed by atoms with Crippen molar-refractivity contribution in [3.05, 3.63) is 0 Å². The molecule has 0 N–H and O–H groups in total. The van der Waals surface area contributed by atoms with Crippen LogP contribution in [-0.4, -0.2) is 520 Å². The molecule has 0 heterocycles. The molecule has 0 aromatic rings. The molecule has 263 valence electrons. The summed E-state index contributed by atoms with van der Waals surface area (Å²) >= 11 is 2.45. The molecule has 0 aromatic heterocycles. The Kier molecular flexibility index (Phi) is 90.7. The predicted molar refractivity (Wildman–Crippen MR) is 477 cm³/mol. The van der Waals surface area contributed by atoms with E-state index in [1.807, 2.05) is 462 Å². The van der Waals surface area contributed by atoms with Crippen molar-refractivity contribution in [3.63, 3.8) is 0 Å². The van der Waals surface area contributed by atoms with Gasteiger partial charge in [-0.15, -0.1) is 0 Å². The summed E-state index contributed by atoms with van der Waals surface area (Å²) < 4.78 is 1.21. The SMILES string of the molecule is [B]=BB=BB=BB=BB=BB=BB=BB=BB=BB=BB=BB=BB=BB=BB=BB=BB=BB=BB=BB=BB=BB=BB=BB=BB=BB=BB=BB=BB=BB=BB=BB=BB=BB=BB=BB=BB=BB=BB(CC)CCI. The third-order valence-corrected chi connectivity index (χ3v) is 10.1. The van der Waals surface area contributed by atoms with Gasteiger partial charge in [-0.2, -0.15) is 0 Å². The van der Waals surface area contributed by atoms with Gasteiger partial charge < -0.3 is 0 Å². The molecule has 0 aliphatic rings. The van der Waals surface area contributed by atoms with Crippen molar-refractivity contribution in [3.8, 4) is 0 Å². The Morgan fingerprint density at radius 1 is 0.195 bits per heavy atom. The molecule has 0 amide bonds. The Bertz CT molecular complexity index is 2830.